The summed E-state index contributed by atoms with van der Waals surface area (Å²) in [5, 5.41) is 6.20. The van der Waals surface area contributed by atoms with Crippen molar-refractivity contribution >= 4 is 17.4 Å². The molecule has 14 heavy (non-hydrogen) atoms. The number of carbonyl (C=O) groups excluding carboxylic acids is 2. The molecule has 0 atom stereocenters. The molecule has 1 rings (SSSR count). The van der Waals surface area contributed by atoms with Crippen molar-refractivity contribution in [2.24, 2.45) is 5.10 Å². The van der Waals surface area contributed by atoms with Crippen LogP contribution in [0.5, 0.6) is 0 Å². The minimum Gasteiger partial charge on any atom is -0.354 e. The van der Waals surface area contributed by atoms with Gasteiger partial charge in [-0.1, -0.05) is 0 Å². The van der Waals surface area contributed by atoms with E-state index in [1.807, 2.05) is 0 Å². The molecule has 1 aliphatic carbocycles. The summed E-state index contributed by atoms with van der Waals surface area (Å²) < 4.78 is 0. The third-order valence-electron chi connectivity index (χ3n) is 2.24. The number of hydrazone groups is 1. The number of ketones is 1. The van der Waals surface area contributed by atoms with Crippen LogP contribution in [-0.2, 0) is 9.59 Å². The fourth-order valence-corrected chi connectivity index (χ4v) is 1.10. The van der Waals surface area contributed by atoms with Gasteiger partial charge in [-0.25, -0.2) is 0 Å². The maximum atomic E-state index is 11.2. The lowest BCUT2D eigenvalue weighted by molar-refractivity contribution is -0.117. The van der Waals surface area contributed by atoms with E-state index in [0.717, 1.165) is 12.8 Å². The van der Waals surface area contributed by atoms with Crippen LogP contribution in [0.1, 0.15) is 26.2 Å². The van der Waals surface area contributed by atoms with E-state index in [2.05, 4.69) is 15.8 Å². The monoisotopic (exact) mass is 197 g/mol. The smallest absolute Gasteiger partial charge is 0.275 e. The van der Waals surface area contributed by atoms with E-state index in [1.54, 1.807) is 0 Å². The molecule has 0 radical (unpaired) electrons. The molecule has 1 saturated carbocycles. The normalized spacial score (nSPS) is 17.1. The van der Waals surface area contributed by atoms with E-state index in [4.69, 9.17) is 0 Å². The fraction of sp³-hybridized carbons (Fsp3) is 0.667. The SMILES string of the molecule is CNC(=O)/C(=N/NC1CCC1)C(C)=O. The van der Waals surface area contributed by atoms with Crippen molar-refractivity contribution in [1.29, 1.82) is 0 Å². The molecule has 1 fully saturated rings. The standard InChI is InChI=1S/C9H15N3O2/c1-6(13)8(9(14)10-2)12-11-7-4-3-5-7/h7,11H,3-5H2,1-2H3,(H,10,14)/b12-8+. The van der Waals surface area contributed by atoms with Crippen LogP contribution in [0.25, 0.3) is 0 Å². The molecule has 0 aromatic carbocycles. The molecule has 0 aromatic heterocycles. The van der Waals surface area contributed by atoms with Crippen molar-refractivity contribution in [2.75, 3.05) is 7.05 Å². The number of amides is 1. The Bertz CT molecular complexity index is 269. The predicted octanol–water partition coefficient (Wildman–Crippen LogP) is -0.181. The molecule has 0 spiro atoms. The summed E-state index contributed by atoms with van der Waals surface area (Å²) in [5.41, 5.74) is 2.77. The van der Waals surface area contributed by atoms with Gasteiger partial charge in [-0.15, -0.1) is 0 Å². The molecular weight excluding hydrogens is 182 g/mol. The van der Waals surface area contributed by atoms with Crippen LogP contribution in [-0.4, -0.2) is 30.5 Å². The zero-order valence-electron chi connectivity index (χ0n) is 8.46. The molecule has 1 amide bonds. The average molecular weight is 197 g/mol. The molecule has 2 N–H and O–H groups in total. The fourth-order valence-electron chi connectivity index (χ4n) is 1.10. The first-order chi connectivity index (χ1) is 6.65. The van der Waals surface area contributed by atoms with Crippen LogP contribution in [0.2, 0.25) is 0 Å². The number of hydrogen-bond donors (Lipinski definition) is 2. The second-order valence-electron chi connectivity index (χ2n) is 3.35. The lowest BCUT2D eigenvalue weighted by atomic mass is 9.94. The quantitative estimate of drug-likeness (QED) is 0.373. The first kappa shape index (κ1) is 10.7. The highest BCUT2D eigenvalue weighted by atomic mass is 16.2. The first-order valence-corrected chi connectivity index (χ1v) is 4.71. The summed E-state index contributed by atoms with van der Waals surface area (Å²) in [5.74, 6) is -0.763. The van der Waals surface area contributed by atoms with Gasteiger partial charge in [0.1, 0.15) is 0 Å². The van der Waals surface area contributed by atoms with Gasteiger partial charge in [0.25, 0.3) is 5.91 Å². The van der Waals surface area contributed by atoms with E-state index in [0.29, 0.717) is 6.04 Å². The minimum atomic E-state index is -0.440. The molecule has 1 aliphatic rings. The average Bonchev–Trinajstić information content (AvgIpc) is 2.07. The third-order valence-corrected chi connectivity index (χ3v) is 2.24. The summed E-state index contributed by atoms with van der Waals surface area (Å²) >= 11 is 0. The summed E-state index contributed by atoms with van der Waals surface area (Å²) in [6.07, 6.45) is 3.30. The number of nitrogens with zero attached hydrogens (tertiary/aromatic N) is 1. The summed E-state index contributed by atoms with van der Waals surface area (Å²) in [7, 11) is 1.48. The Morgan fingerprint density at radius 3 is 2.36 bits per heavy atom. The molecule has 0 bridgehead atoms. The van der Waals surface area contributed by atoms with E-state index in [9.17, 15) is 9.59 Å². The number of Topliss-reactive ketones (excluding diaryl/α,β-unsaturated/α-hetero) is 1. The molecule has 0 saturated heterocycles. The lowest BCUT2D eigenvalue weighted by Crippen LogP contribution is -2.37. The maximum Gasteiger partial charge on any atom is 0.275 e. The highest BCUT2D eigenvalue weighted by Gasteiger charge is 2.19. The van der Waals surface area contributed by atoms with E-state index >= 15 is 0 Å². The molecule has 0 aliphatic heterocycles. The molecule has 0 unspecified atom stereocenters. The van der Waals surface area contributed by atoms with Crippen LogP contribution in [0.4, 0.5) is 0 Å². The maximum absolute atomic E-state index is 11.2. The van der Waals surface area contributed by atoms with E-state index in [1.165, 1.54) is 20.4 Å². The van der Waals surface area contributed by atoms with Gasteiger partial charge in [0.15, 0.2) is 11.5 Å². The largest absolute Gasteiger partial charge is 0.354 e. The first-order valence-electron chi connectivity index (χ1n) is 4.71. The van der Waals surface area contributed by atoms with Gasteiger partial charge in [-0.05, 0) is 19.3 Å². The van der Waals surface area contributed by atoms with Gasteiger partial charge in [0, 0.05) is 20.0 Å². The molecule has 0 heterocycles. The minimum absolute atomic E-state index is 0.0561. The zero-order valence-corrected chi connectivity index (χ0v) is 8.46. The van der Waals surface area contributed by atoms with Crippen molar-refractivity contribution in [3.8, 4) is 0 Å². The van der Waals surface area contributed by atoms with Crippen molar-refractivity contribution in [3.05, 3.63) is 0 Å². The Morgan fingerprint density at radius 1 is 1.36 bits per heavy atom. The summed E-state index contributed by atoms with van der Waals surface area (Å²) in [4.78, 5) is 22.2. The van der Waals surface area contributed by atoms with Crippen molar-refractivity contribution < 1.29 is 9.59 Å². The van der Waals surface area contributed by atoms with E-state index in [-0.39, 0.29) is 11.5 Å². The number of nitrogens with one attached hydrogen (secondary N) is 2. The number of hydrogen-bond acceptors (Lipinski definition) is 4. The Kier molecular flexibility index (Phi) is 3.62. The highest BCUT2D eigenvalue weighted by molar-refractivity contribution is 6.65. The van der Waals surface area contributed by atoms with Crippen molar-refractivity contribution in [1.82, 2.24) is 10.7 Å². The molecule has 0 aromatic rings. The van der Waals surface area contributed by atoms with Gasteiger partial charge in [-0.3, -0.25) is 9.59 Å². The van der Waals surface area contributed by atoms with Gasteiger partial charge < -0.3 is 10.7 Å². The lowest BCUT2D eigenvalue weighted by Gasteiger charge is -2.24. The summed E-state index contributed by atoms with van der Waals surface area (Å²) in [6.45, 7) is 1.33. The molecule has 5 heteroatoms. The second kappa shape index (κ2) is 4.74. The molecular formula is C9H15N3O2. The van der Waals surface area contributed by atoms with Crippen LogP contribution in [0.15, 0.2) is 5.10 Å². The third kappa shape index (κ3) is 2.55. The predicted molar refractivity (Wildman–Crippen MR) is 53.0 cm³/mol. The summed E-state index contributed by atoms with van der Waals surface area (Å²) in [6, 6.07) is 0.328. The van der Waals surface area contributed by atoms with Crippen LogP contribution in [0, 0.1) is 0 Å². The molecule has 5 nitrogen and oxygen atoms in total. The zero-order chi connectivity index (χ0) is 10.6. The van der Waals surface area contributed by atoms with Crippen molar-refractivity contribution in [2.45, 2.75) is 32.2 Å². The van der Waals surface area contributed by atoms with Crippen molar-refractivity contribution in [3.63, 3.8) is 0 Å². The van der Waals surface area contributed by atoms with Crippen LogP contribution >= 0.6 is 0 Å². The topological polar surface area (TPSA) is 70.6 Å². The van der Waals surface area contributed by atoms with Gasteiger partial charge in [-0.2, -0.15) is 5.10 Å². The van der Waals surface area contributed by atoms with E-state index < -0.39 is 5.91 Å². The molecule has 78 valence electrons. The van der Waals surface area contributed by atoms with Gasteiger partial charge >= 0.3 is 0 Å². The van der Waals surface area contributed by atoms with Gasteiger partial charge in [0.2, 0.25) is 0 Å². The Balaban J connectivity index is 2.56. The highest BCUT2D eigenvalue weighted by Crippen LogP contribution is 2.17. The Hall–Kier alpha value is -1.39. The van der Waals surface area contributed by atoms with Crippen LogP contribution in [0.3, 0.4) is 0 Å². The second-order valence-corrected chi connectivity index (χ2v) is 3.35. The van der Waals surface area contributed by atoms with Gasteiger partial charge in [0.05, 0.1) is 0 Å². The Morgan fingerprint density at radius 2 is 2.00 bits per heavy atom. The number of rotatable bonds is 4. The number of carbonyl (C=O) groups is 2. The Labute approximate surface area is 82.9 Å². The van der Waals surface area contributed by atoms with Crippen LogP contribution < -0.4 is 10.7 Å².